The SMILES string of the molecule is C=CCC(C)NCC1CC(F)(F)C(=O)O1. The molecule has 0 aromatic heterocycles. The van der Waals surface area contributed by atoms with Crippen LogP contribution in [-0.4, -0.2) is 30.6 Å². The van der Waals surface area contributed by atoms with Gasteiger partial charge in [0, 0.05) is 12.6 Å². The molecule has 1 aliphatic heterocycles. The van der Waals surface area contributed by atoms with E-state index in [9.17, 15) is 13.6 Å². The zero-order valence-electron chi connectivity index (χ0n) is 8.63. The quantitative estimate of drug-likeness (QED) is 0.562. The van der Waals surface area contributed by atoms with Crippen LogP contribution in [0.2, 0.25) is 0 Å². The van der Waals surface area contributed by atoms with Crippen LogP contribution in [0.15, 0.2) is 12.7 Å². The van der Waals surface area contributed by atoms with E-state index in [1.165, 1.54) is 0 Å². The molecule has 5 heteroatoms. The van der Waals surface area contributed by atoms with Gasteiger partial charge >= 0.3 is 11.9 Å². The van der Waals surface area contributed by atoms with Crippen molar-refractivity contribution in [3.63, 3.8) is 0 Å². The molecule has 0 spiro atoms. The van der Waals surface area contributed by atoms with Crippen LogP contribution >= 0.6 is 0 Å². The fourth-order valence-corrected chi connectivity index (χ4v) is 1.43. The second kappa shape index (κ2) is 4.70. The van der Waals surface area contributed by atoms with E-state index in [-0.39, 0.29) is 12.6 Å². The molecule has 2 unspecified atom stereocenters. The highest BCUT2D eigenvalue weighted by atomic mass is 19.3. The number of cyclic esters (lactones) is 1. The minimum atomic E-state index is -3.31. The van der Waals surface area contributed by atoms with Crippen molar-refractivity contribution in [2.75, 3.05) is 6.54 Å². The Hall–Kier alpha value is -0.970. The largest absolute Gasteiger partial charge is 0.456 e. The number of carbonyl (C=O) groups excluding carboxylic acids is 1. The topological polar surface area (TPSA) is 38.3 Å². The number of alkyl halides is 2. The Morgan fingerprint density at radius 2 is 2.47 bits per heavy atom. The molecule has 15 heavy (non-hydrogen) atoms. The lowest BCUT2D eigenvalue weighted by Crippen LogP contribution is -2.33. The lowest BCUT2D eigenvalue weighted by Gasteiger charge is -2.14. The summed E-state index contributed by atoms with van der Waals surface area (Å²) in [6.45, 7) is 5.74. The summed E-state index contributed by atoms with van der Waals surface area (Å²) in [6, 6.07) is 0.149. The number of halogens is 2. The lowest BCUT2D eigenvalue weighted by molar-refractivity contribution is -0.159. The fourth-order valence-electron chi connectivity index (χ4n) is 1.43. The number of nitrogens with one attached hydrogen (secondary N) is 1. The summed E-state index contributed by atoms with van der Waals surface area (Å²) in [5.74, 6) is -4.72. The summed E-state index contributed by atoms with van der Waals surface area (Å²) in [5.41, 5.74) is 0. The van der Waals surface area contributed by atoms with E-state index in [1.54, 1.807) is 6.08 Å². The third kappa shape index (κ3) is 3.27. The molecule has 2 atom stereocenters. The molecule has 1 fully saturated rings. The van der Waals surface area contributed by atoms with Gasteiger partial charge in [-0.1, -0.05) is 6.08 Å². The predicted molar refractivity (Wildman–Crippen MR) is 51.7 cm³/mol. The summed E-state index contributed by atoms with van der Waals surface area (Å²) in [6.07, 6.45) is 1.24. The Balaban J connectivity index is 2.30. The van der Waals surface area contributed by atoms with Gasteiger partial charge in [0.1, 0.15) is 6.10 Å². The van der Waals surface area contributed by atoms with E-state index in [4.69, 9.17) is 0 Å². The highest BCUT2D eigenvalue weighted by Gasteiger charge is 2.50. The number of hydrogen-bond acceptors (Lipinski definition) is 3. The molecule has 0 aliphatic carbocycles. The maximum absolute atomic E-state index is 12.7. The van der Waals surface area contributed by atoms with Crippen molar-refractivity contribution in [3.05, 3.63) is 12.7 Å². The van der Waals surface area contributed by atoms with Gasteiger partial charge in [0.2, 0.25) is 0 Å². The summed E-state index contributed by atoms with van der Waals surface area (Å²) < 4.78 is 30.0. The first-order chi connectivity index (χ1) is 6.95. The average Bonchev–Trinajstić information content (AvgIpc) is 2.38. The van der Waals surface area contributed by atoms with Gasteiger partial charge in [0.05, 0.1) is 6.42 Å². The van der Waals surface area contributed by atoms with Gasteiger partial charge < -0.3 is 10.1 Å². The average molecular weight is 219 g/mol. The lowest BCUT2D eigenvalue weighted by atomic mass is 10.1. The van der Waals surface area contributed by atoms with Crippen LogP contribution in [0.1, 0.15) is 19.8 Å². The van der Waals surface area contributed by atoms with E-state index < -0.39 is 24.4 Å². The van der Waals surface area contributed by atoms with Crippen molar-refractivity contribution in [2.24, 2.45) is 0 Å². The molecule has 1 heterocycles. The first kappa shape index (κ1) is 12.1. The maximum Gasteiger partial charge on any atom is 0.377 e. The molecule has 86 valence electrons. The first-order valence-electron chi connectivity index (χ1n) is 4.89. The molecular formula is C10H15F2NO2. The standard InChI is InChI=1S/C10H15F2NO2/c1-3-4-7(2)13-6-8-5-10(11,12)9(14)15-8/h3,7-8,13H,1,4-6H2,2H3. The number of esters is 1. The number of hydrogen-bond donors (Lipinski definition) is 1. The van der Waals surface area contributed by atoms with Gasteiger partial charge in [-0.05, 0) is 13.3 Å². The van der Waals surface area contributed by atoms with Crippen LogP contribution in [0.4, 0.5) is 8.78 Å². The Morgan fingerprint density at radius 3 is 2.93 bits per heavy atom. The number of carbonyl (C=O) groups is 1. The maximum atomic E-state index is 12.7. The zero-order valence-corrected chi connectivity index (χ0v) is 8.63. The monoisotopic (exact) mass is 219 g/mol. The first-order valence-corrected chi connectivity index (χ1v) is 4.89. The third-order valence-electron chi connectivity index (χ3n) is 2.27. The highest BCUT2D eigenvalue weighted by molar-refractivity contribution is 5.79. The number of ether oxygens (including phenoxy) is 1. The smallest absolute Gasteiger partial charge is 0.377 e. The molecule has 0 amide bonds. The highest BCUT2D eigenvalue weighted by Crippen LogP contribution is 2.30. The van der Waals surface area contributed by atoms with Gasteiger partial charge in [-0.2, -0.15) is 8.78 Å². The second-order valence-electron chi connectivity index (χ2n) is 3.77. The fraction of sp³-hybridized carbons (Fsp3) is 0.700. The van der Waals surface area contributed by atoms with Crippen LogP contribution < -0.4 is 5.32 Å². The molecular weight excluding hydrogens is 204 g/mol. The zero-order chi connectivity index (χ0) is 11.5. The van der Waals surface area contributed by atoms with Gasteiger partial charge in [-0.15, -0.1) is 6.58 Å². The van der Waals surface area contributed by atoms with Crippen molar-refractivity contribution in [1.29, 1.82) is 0 Å². The van der Waals surface area contributed by atoms with Crippen molar-refractivity contribution in [2.45, 2.75) is 37.8 Å². The Labute approximate surface area is 87.5 Å². The van der Waals surface area contributed by atoms with E-state index >= 15 is 0 Å². The third-order valence-corrected chi connectivity index (χ3v) is 2.27. The summed E-state index contributed by atoms with van der Waals surface area (Å²) in [4.78, 5) is 10.7. The molecule has 1 aliphatic rings. The van der Waals surface area contributed by atoms with E-state index in [1.807, 2.05) is 6.92 Å². The molecule has 0 radical (unpaired) electrons. The molecule has 0 aromatic rings. The van der Waals surface area contributed by atoms with Gasteiger partial charge in [-0.3, -0.25) is 0 Å². The summed E-state index contributed by atoms with van der Waals surface area (Å²) in [7, 11) is 0. The Morgan fingerprint density at radius 1 is 1.80 bits per heavy atom. The van der Waals surface area contributed by atoms with Crippen molar-refractivity contribution in [3.8, 4) is 0 Å². The molecule has 1 rings (SSSR count). The van der Waals surface area contributed by atoms with Gasteiger partial charge in [-0.25, -0.2) is 4.79 Å². The van der Waals surface area contributed by atoms with Crippen LogP contribution in [0.25, 0.3) is 0 Å². The molecule has 1 saturated heterocycles. The minimum absolute atomic E-state index is 0.149. The normalized spacial score (nSPS) is 26.1. The van der Waals surface area contributed by atoms with E-state index in [2.05, 4.69) is 16.6 Å². The number of rotatable bonds is 5. The van der Waals surface area contributed by atoms with Gasteiger partial charge in [0.15, 0.2) is 0 Å². The van der Waals surface area contributed by atoms with Crippen LogP contribution in [0.5, 0.6) is 0 Å². The molecule has 1 N–H and O–H groups in total. The van der Waals surface area contributed by atoms with Gasteiger partial charge in [0.25, 0.3) is 0 Å². The molecule has 0 bridgehead atoms. The minimum Gasteiger partial charge on any atom is -0.456 e. The predicted octanol–water partition coefficient (Wildman–Crippen LogP) is 1.49. The van der Waals surface area contributed by atoms with Crippen molar-refractivity contribution >= 4 is 5.97 Å². The van der Waals surface area contributed by atoms with Crippen molar-refractivity contribution in [1.82, 2.24) is 5.32 Å². The molecule has 0 aromatic carbocycles. The Kier molecular flexibility index (Phi) is 3.79. The van der Waals surface area contributed by atoms with E-state index in [0.29, 0.717) is 0 Å². The summed E-state index contributed by atoms with van der Waals surface area (Å²) >= 11 is 0. The molecule has 3 nitrogen and oxygen atoms in total. The second-order valence-corrected chi connectivity index (χ2v) is 3.77. The van der Waals surface area contributed by atoms with Crippen LogP contribution in [0, 0.1) is 0 Å². The molecule has 0 saturated carbocycles. The van der Waals surface area contributed by atoms with Crippen LogP contribution in [-0.2, 0) is 9.53 Å². The van der Waals surface area contributed by atoms with Crippen molar-refractivity contribution < 1.29 is 18.3 Å². The summed E-state index contributed by atoms with van der Waals surface area (Å²) in [5, 5.41) is 3.00. The Bertz CT molecular complexity index is 256. The van der Waals surface area contributed by atoms with E-state index in [0.717, 1.165) is 6.42 Å². The van der Waals surface area contributed by atoms with Crippen LogP contribution in [0.3, 0.4) is 0 Å².